The van der Waals surface area contributed by atoms with Gasteiger partial charge in [0.15, 0.2) is 5.17 Å². The largest absolute Gasteiger partial charge is 0.468 e. The Morgan fingerprint density at radius 2 is 1.81 bits per heavy atom. The van der Waals surface area contributed by atoms with Crippen LogP contribution in [0.15, 0.2) is 71.4 Å². The van der Waals surface area contributed by atoms with Crippen molar-refractivity contribution in [3.8, 4) is 0 Å². The summed E-state index contributed by atoms with van der Waals surface area (Å²) in [4.78, 5) is 28.6. The number of hydrazine groups is 1. The molecule has 0 radical (unpaired) electrons. The van der Waals surface area contributed by atoms with Gasteiger partial charge in [-0.3, -0.25) is 15.0 Å². The van der Waals surface area contributed by atoms with E-state index < -0.39 is 0 Å². The summed E-state index contributed by atoms with van der Waals surface area (Å²) in [6, 6.07) is 18.8. The normalized spacial score (nSPS) is 15.1. The average molecular weight is 367 g/mol. The summed E-state index contributed by atoms with van der Waals surface area (Å²) in [5.41, 5.74) is 4.95. The molecule has 2 aromatic rings. The molecule has 1 heterocycles. The number of benzene rings is 2. The van der Waals surface area contributed by atoms with Gasteiger partial charge in [-0.05, 0) is 23.8 Å². The van der Waals surface area contributed by atoms with Crippen LogP contribution >= 0.6 is 11.8 Å². The Morgan fingerprint density at radius 3 is 2.46 bits per heavy atom. The molecule has 1 aliphatic heterocycles. The van der Waals surface area contributed by atoms with Crippen molar-refractivity contribution in [2.75, 3.05) is 18.3 Å². The molecule has 1 aliphatic rings. The molecular weight excluding hydrogens is 350 g/mol. The fourth-order valence-electron chi connectivity index (χ4n) is 2.22. The summed E-state index contributed by atoms with van der Waals surface area (Å²) in [5, 5.41) is 1.74. The first-order chi connectivity index (χ1) is 12.7. The van der Waals surface area contributed by atoms with E-state index in [-0.39, 0.29) is 17.6 Å². The van der Waals surface area contributed by atoms with Crippen molar-refractivity contribution in [2.45, 2.75) is 0 Å². The van der Waals surface area contributed by atoms with Crippen molar-refractivity contribution in [3.05, 3.63) is 71.9 Å². The molecule has 26 heavy (non-hydrogen) atoms. The van der Waals surface area contributed by atoms with Crippen molar-refractivity contribution in [1.29, 1.82) is 0 Å². The predicted molar refractivity (Wildman–Crippen MR) is 103 cm³/mol. The van der Waals surface area contributed by atoms with Crippen molar-refractivity contribution in [1.82, 2.24) is 5.01 Å². The second-order valence-electron chi connectivity index (χ2n) is 5.32. The number of ether oxygens (including phenoxy) is 1. The first-order valence-electron chi connectivity index (χ1n) is 7.88. The maximum Gasteiger partial charge on any atom is 0.316 e. The molecule has 0 unspecified atom stereocenters. The van der Waals surface area contributed by atoms with E-state index >= 15 is 0 Å². The summed E-state index contributed by atoms with van der Waals surface area (Å²) in [5.74, 6) is -0.607. The molecule has 1 N–H and O–H groups in total. The molecule has 7 heteroatoms. The molecular formula is C19H17N3O3S. The van der Waals surface area contributed by atoms with Crippen molar-refractivity contribution in [2.24, 2.45) is 4.99 Å². The van der Waals surface area contributed by atoms with Gasteiger partial charge in [-0.15, -0.1) is 0 Å². The quantitative estimate of drug-likeness (QED) is 0.649. The third-order valence-corrected chi connectivity index (χ3v) is 4.41. The van der Waals surface area contributed by atoms with E-state index in [0.29, 0.717) is 10.9 Å². The number of aliphatic imine (C=N–C) groups is 1. The smallest absolute Gasteiger partial charge is 0.316 e. The SMILES string of the molecule is COC(=O)CSC1=N/C(=C\c2ccccc2)C(=O)N1Nc1ccccc1. The number of carbonyl (C=O) groups is 2. The van der Waals surface area contributed by atoms with E-state index in [1.807, 2.05) is 60.7 Å². The summed E-state index contributed by atoms with van der Waals surface area (Å²) in [6.07, 6.45) is 1.72. The van der Waals surface area contributed by atoms with E-state index in [1.54, 1.807) is 6.08 Å². The lowest BCUT2D eigenvalue weighted by Gasteiger charge is -2.19. The van der Waals surface area contributed by atoms with Gasteiger partial charge in [0.05, 0.1) is 18.6 Å². The maximum absolute atomic E-state index is 12.8. The highest BCUT2D eigenvalue weighted by molar-refractivity contribution is 8.14. The van der Waals surface area contributed by atoms with Crippen molar-refractivity contribution < 1.29 is 14.3 Å². The summed E-state index contributed by atoms with van der Waals surface area (Å²) in [7, 11) is 1.32. The third kappa shape index (κ3) is 4.31. The van der Waals surface area contributed by atoms with Crippen LogP contribution in [-0.2, 0) is 14.3 Å². The zero-order valence-electron chi connectivity index (χ0n) is 14.1. The molecule has 3 rings (SSSR count). The third-order valence-electron chi connectivity index (χ3n) is 3.49. The minimum Gasteiger partial charge on any atom is -0.468 e. The highest BCUT2D eigenvalue weighted by Crippen LogP contribution is 2.25. The van der Waals surface area contributed by atoms with E-state index in [0.717, 1.165) is 23.0 Å². The van der Waals surface area contributed by atoms with Crippen LogP contribution in [0.3, 0.4) is 0 Å². The van der Waals surface area contributed by atoms with Crippen LogP contribution in [0.4, 0.5) is 5.69 Å². The van der Waals surface area contributed by atoms with Crippen LogP contribution < -0.4 is 5.43 Å². The molecule has 0 aliphatic carbocycles. The molecule has 0 atom stereocenters. The number of hydrogen-bond acceptors (Lipinski definition) is 6. The van der Waals surface area contributed by atoms with E-state index in [9.17, 15) is 9.59 Å². The first kappa shape index (κ1) is 17.8. The minimum atomic E-state index is -0.384. The van der Waals surface area contributed by atoms with Gasteiger partial charge in [0.25, 0.3) is 5.91 Å². The first-order valence-corrected chi connectivity index (χ1v) is 8.87. The Labute approximate surface area is 155 Å². The molecule has 1 amide bonds. The molecule has 0 bridgehead atoms. The lowest BCUT2D eigenvalue weighted by atomic mass is 10.2. The number of carbonyl (C=O) groups excluding carboxylic acids is 2. The van der Waals surface area contributed by atoms with Gasteiger partial charge < -0.3 is 4.74 Å². The van der Waals surface area contributed by atoms with Gasteiger partial charge >= 0.3 is 5.97 Å². The number of amidine groups is 1. The van der Waals surface area contributed by atoms with Crippen LogP contribution in [0.5, 0.6) is 0 Å². The number of rotatable bonds is 5. The van der Waals surface area contributed by atoms with Gasteiger partial charge in [-0.25, -0.2) is 4.99 Å². The average Bonchev–Trinajstić information content (AvgIpc) is 2.96. The summed E-state index contributed by atoms with van der Waals surface area (Å²) < 4.78 is 4.66. The number of methoxy groups -OCH3 is 1. The van der Waals surface area contributed by atoms with Gasteiger partial charge in [0.1, 0.15) is 5.70 Å². The zero-order valence-corrected chi connectivity index (χ0v) is 14.9. The van der Waals surface area contributed by atoms with Crippen molar-refractivity contribution in [3.63, 3.8) is 0 Å². The number of hydrogen-bond donors (Lipinski definition) is 1. The summed E-state index contributed by atoms with van der Waals surface area (Å²) in [6.45, 7) is 0. The Balaban J connectivity index is 1.86. The topological polar surface area (TPSA) is 71.0 Å². The number of esters is 1. The summed E-state index contributed by atoms with van der Waals surface area (Å²) >= 11 is 1.14. The standard InChI is InChI=1S/C19H17N3O3S/c1-25-17(23)13-26-19-20-16(12-14-8-4-2-5-9-14)18(24)22(19)21-15-10-6-3-7-11-15/h2-12,21H,13H2,1H3/b16-12-. The second-order valence-corrected chi connectivity index (χ2v) is 6.26. The Morgan fingerprint density at radius 1 is 1.15 bits per heavy atom. The maximum atomic E-state index is 12.8. The molecule has 0 aromatic heterocycles. The fourth-order valence-corrected chi connectivity index (χ4v) is 3.01. The van der Waals surface area contributed by atoms with Crippen LogP contribution in [0.2, 0.25) is 0 Å². The molecule has 132 valence electrons. The molecule has 0 fully saturated rings. The number of nitrogens with one attached hydrogen (secondary N) is 1. The van der Waals surface area contributed by atoms with Crippen molar-refractivity contribution >= 4 is 40.6 Å². The lowest BCUT2D eigenvalue weighted by Crippen LogP contribution is -2.36. The van der Waals surface area contributed by atoms with Crippen LogP contribution in [0, 0.1) is 0 Å². The molecule has 0 saturated heterocycles. The monoisotopic (exact) mass is 367 g/mol. The number of anilines is 1. The Hall–Kier alpha value is -3.06. The van der Waals surface area contributed by atoms with Crippen LogP contribution in [0.1, 0.15) is 5.56 Å². The van der Waals surface area contributed by atoms with Crippen LogP contribution in [-0.4, -0.2) is 34.9 Å². The highest BCUT2D eigenvalue weighted by atomic mass is 32.2. The minimum absolute atomic E-state index is 0.0637. The Kier molecular flexibility index (Phi) is 5.70. The zero-order chi connectivity index (χ0) is 18.4. The fraction of sp³-hybridized carbons (Fsp3) is 0.105. The predicted octanol–water partition coefficient (Wildman–Crippen LogP) is 3.16. The van der Waals surface area contributed by atoms with Crippen LogP contribution in [0.25, 0.3) is 6.08 Å². The molecule has 2 aromatic carbocycles. The molecule has 0 spiro atoms. The van der Waals surface area contributed by atoms with Gasteiger partial charge in [-0.2, -0.15) is 5.01 Å². The number of amides is 1. The van der Waals surface area contributed by atoms with Gasteiger partial charge in [-0.1, -0.05) is 60.3 Å². The number of para-hydroxylation sites is 1. The number of nitrogens with zero attached hydrogens (tertiary/aromatic N) is 2. The molecule has 6 nitrogen and oxygen atoms in total. The highest BCUT2D eigenvalue weighted by Gasteiger charge is 2.31. The lowest BCUT2D eigenvalue weighted by molar-refractivity contribution is -0.137. The van der Waals surface area contributed by atoms with E-state index in [1.165, 1.54) is 12.1 Å². The second kappa shape index (κ2) is 8.35. The van der Waals surface area contributed by atoms with Gasteiger partial charge in [0, 0.05) is 0 Å². The number of thioether (sulfide) groups is 1. The van der Waals surface area contributed by atoms with E-state index in [4.69, 9.17) is 0 Å². The molecule has 0 saturated carbocycles. The van der Waals surface area contributed by atoms with Gasteiger partial charge in [0.2, 0.25) is 0 Å². The Bertz CT molecular complexity index is 851. The van der Waals surface area contributed by atoms with E-state index in [2.05, 4.69) is 15.2 Å².